The molecule has 0 aliphatic carbocycles. The highest BCUT2D eigenvalue weighted by atomic mass is 35.5. The van der Waals surface area contributed by atoms with E-state index in [0.717, 1.165) is 0 Å². The smallest absolute Gasteiger partial charge is 0.398 e. The van der Waals surface area contributed by atoms with Gasteiger partial charge in [-0.05, 0) is 12.1 Å². The maximum atomic E-state index is 9.99. The molecule has 0 saturated heterocycles. The summed E-state index contributed by atoms with van der Waals surface area (Å²) in [5.41, 5.74) is 6.02. The van der Waals surface area contributed by atoms with Crippen LogP contribution in [-0.2, 0) is 10.6 Å². The van der Waals surface area contributed by atoms with Crippen LogP contribution >= 0.6 is 11.6 Å². The van der Waals surface area contributed by atoms with Crippen molar-refractivity contribution in [3.05, 3.63) is 29.3 Å². The molecule has 1 aromatic rings. The van der Waals surface area contributed by atoms with Crippen molar-refractivity contribution < 1.29 is 16.2 Å². The molecule has 7 heteroatoms. The first kappa shape index (κ1) is 12.1. The van der Waals surface area contributed by atoms with Gasteiger partial charge < -0.3 is 5.73 Å². The van der Waals surface area contributed by atoms with Gasteiger partial charge in [0.1, 0.15) is 0 Å². The number of para-hydroxylation sites is 1. The molecule has 0 aliphatic rings. The Labute approximate surface area is 79.6 Å². The first-order chi connectivity index (χ1) is 5.80. The number of nitrogens with two attached hydrogens (primary N) is 1. The highest BCUT2D eigenvalue weighted by Gasteiger charge is 1.94. The molecule has 1 aromatic carbocycles. The van der Waals surface area contributed by atoms with Gasteiger partial charge in [-0.2, -0.15) is 8.42 Å². The van der Waals surface area contributed by atoms with Crippen LogP contribution in [0.3, 0.4) is 0 Å². The van der Waals surface area contributed by atoms with Crippen molar-refractivity contribution in [2.45, 2.75) is 0 Å². The fourth-order valence-corrected chi connectivity index (χ4v) is 0.611. The molecule has 74 valence electrons. The van der Waals surface area contributed by atoms with E-state index >= 15 is 0 Å². The molecule has 0 aliphatic heterocycles. The van der Waals surface area contributed by atoms with Crippen LogP contribution in [0.25, 0.3) is 0 Å². The van der Waals surface area contributed by atoms with Gasteiger partial charge in [-0.15, -0.1) is 0 Å². The van der Waals surface area contributed by atoms with Gasteiger partial charge in [-0.1, -0.05) is 31.5 Å². The summed E-state index contributed by atoms with van der Waals surface area (Å²) in [5.74, 6) is 0. The molecule has 0 unspecified atom stereocenters. The normalized spacial score (nSPS) is 10.1. The van der Waals surface area contributed by atoms with Crippen molar-refractivity contribution in [2.24, 2.45) is 0 Å². The quantitative estimate of drug-likeness (QED) is 0.547. The molecular formula is C6H6ClF2NO2S. The Balaban J connectivity index is 0.000000252. The van der Waals surface area contributed by atoms with Crippen LogP contribution in [0.4, 0.5) is 13.5 Å². The van der Waals surface area contributed by atoms with Crippen molar-refractivity contribution in [3.8, 4) is 0 Å². The van der Waals surface area contributed by atoms with Crippen LogP contribution in [-0.4, -0.2) is 8.42 Å². The lowest BCUT2D eigenvalue weighted by atomic mass is 10.3. The van der Waals surface area contributed by atoms with Crippen molar-refractivity contribution in [3.63, 3.8) is 0 Å². The minimum Gasteiger partial charge on any atom is -0.398 e. The van der Waals surface area contributed by atoms with Gasteiger partial charge in [0.15, 0.2) is 0 Å². The van der Waals surface area contributed by atoms with Crippen molar-refractivity contribution >= 4 is 27.9 Å². The zero-order chi connectivity index (χ0) is 10.5. The highest BCUT2D eigenvalue weighted by molar-refractivity contribution is 7.81. The number of hydrogen-bond donors (Lipinski definition) is 1. The second-order valence-electron chi connectivity index (χ2n) is 1.90. The van der Waals surface area contributed by atoms with Gasteiger partial charge >= 0.3 is 10.6 Å². The minimum atomic E-state index is -5.67. The van der Waals surface area contributed by atoms with E-state index < -0.39 is 10.6 Å². The van der Waals surface area contributed by atoms with E-state index in [9.17, 15) is 7.77 Å². The molecule has 1 rings (SSSR count). The standard InChI is InChI=1S/C6H6ClN.F2O2S/c7-5-3-1-2-4-6(5)8;1-5(2,3)4/h1-4H,8H2;. The van der Waals surface area contributed by atoms with E-state index in [1.54, 1.807) is 12.1 Å². The van der Waals surface area contributed by atoms with E-state index in [4.69, 9.17) is 25.8 Å². The first-order valence-electron chi connectivity index (χ1n) is 2.95. The summed E-state index contributed by atoms with van der Waals surface area (Å²) in [6.07, 6.45) is 0. The van der Waals surface area contributed by atoms with Crippen LogP contribution < -0.4 is 5.73 Å². The zero-order valence-corrected chi connectivity index (χ0v) is 7.82. The lowest BCUT2D eigenvalue weighted by Crippen LogP contribution is -1.82. The largest absolute Gasteiger partial charge is 0.476 e. The molecule has 0 atom stereocenters. The molecule has 0 saturated carbocycles. The van der Waals surface area contributed by atoms with Gasteiger partial charge in [0, 0.05) is 0 Å². The Bertz CT molecular complexity index is 340. The summed E-state index contributed by atoms with van der Waals surface area (Å²) in [5, 5.41) is 0.618. The summed E-state index contributed by atoms with van der Waals surface area (Å²) >= 11 is 5.58. The van der Waals surface area contributed by atoms with Crippen molar-refractivity contribution in [1.82, 2.24) is 0 Å². The lowest BCUT2D eigenvalue weighted by molar-refractivity contribution is 0.501. The van der Waals surface area contributed by atoms with E-state index in [-0.39, 0.29) is 0 Å². The molecule has 0 spiro atoms. The van der Waals surface area contributed by atoms with Crippen LogP contribution in [0.1, 0.15) is 0 Å². The van der Waals surface area contributed by atoms with Gasteiger partial charge in [0.2, 0.25) is 0 Å². The summed E-state index contributed by atoms with van der Waals surface area (Å²) < 4.78 is 36.6. The molecular weight excluding hydrogens is 224 g/mol. The first-order valence-corrected chi connectivity index (χ1v) is 4.61. The molecule has 0 bridgehead atoms. The number of benzene rings is 1. The van der Waals surface area contributed by atoms with Crippen LogP contribution in [0, 0.1) is 0 Å². The topological polar surface area (TPSA) is 60.2 Å². The highest BCUT2D eigenvalue weighted by Crippen LogP contribution is 2.15. The number of nitrogen functional groups attached to an aromatic ring is 1. The molecule has 0 amide bonds. The number of halogens is 3. The molecule has 0 fully saturated rings. The predicted molar refractivity (Wildman–Crippen MR) is 47.0 cm³/mol. The Hall–Kier alpha value is -0.880. The van der Waals surface area contributed by atoms with E-state index in [1.807, 2.05) is 12.1 Å². The number of hydrogen-bond acceptors (Lipinski definition) is 3. The molecule has 13 heavy (non-hydrogen) atoms. The van der Waals surface area contributed by atoms with E-state index in [2.05, 4.69) is 0 Å². The minimum absolute atomic E-state index is 0.618. The SMILES string of the molecule is Nc1ccccc1Cl.O=S(=O)(F)F. The third kappa shape index (κ3) is 9.03. The molecule has 2 N–H and O–H groups in total. The number of anilines is 1. The monoisotopic (exact) mass is 229 g/mol. The van der Waals surface area contributed by atoms with Gasteiger partial charge in [0.25, 0.3) is 0 Å². The van der Waals surface area contributed by atoms with Crippen molar-refractivity contribution in [1.29, 1.82) is 0 Å². The Morgan fingerprint density at radius 3 is 1.85 bits per heavy atom. The maximum Gasteiger partial charge on any atom is 0.476 e. The van der Waals surface area contributed by atoms with Crippen LogP contribution in [0.5, 0.6) is 0 Å². The summed E-state index contributed by atoms with van der Waals surface area (Å²) in [6, 6.07) is 7.22. The van der Waals surface area contributed by atoms with E-state index in [1.165, 1.54) is 0 Å². The second kappa shape index (κ2) is 4.98. The van der Waals surface area contributed by atoms with Crippen LogP contribution in [0.15, 0.2) is 24.3 Å². The maximum absolute atomic E-state index is 9.99. The third-order valence-corrected chi connectivity index (χ3v) is 1.25. The summed E-state index contributed by atoms with van der Waals surface area (Å²) in [6.45, 7) is 0. The third-order valence-electron chi connectivity index (χ3n) is 0.905. The predicted octanol–water partition coefficient (Wildman–Crippen LogP) is 2.09. The molecule has 0 radical (unpaired) electrons. The van der Waals surface area contributed by atoms with E-state index in [0.29, 0.717) is 10.7 Å². The summed E-state index contributed by atoms with van der Waals surface area (Å²) in [4.78, 5) is 0. The number of rotatable bonds is 0. The average molecular weight is 230 g/mol. The average Bonchev–Trinajstić information content (AvgIpc) is 1.92. The fraction of sp³-hybridized carbons (Fsp3) is 0. The fourth-order valence-electron chi connectivity index (χ4n) is 0.475. The Morgan fingerprint density at radius 2 is 1.62 bits per heavy atom. The summed E-state index contributed by atoms with van der Waals surface area (Å²) in [7, 11) is -5.67. The Morgan fingerprint density at radius 1 is 1.23 bits per heavy atom. The van der Waals surface area contributed by atoms with Crippen molar-refractivity contribution in [2.75, 3.05) is 5.73 Å². The lowest BCUT2D eigenvalue weighted by Gasteiger charge is -1.91. The Kier molecular flexibility index (Phi) is 4.64. The molecule has 3 nitrogen and oxygen atoms in total. The van der Waals surface area contributed by atoms with Gasteiger partial charge in [-0.25, -0.2) is 0 Å². The second-order valence-corrected chi connectivity index (χ2v) is 3.06. The van der Waals surface area contributed by atoms with Gasteiger partial charge in [-0.3, -0.25) is 0 Å². The molecule has 0 aromatic heterocycles. The van der Waals surface area contributed by atoms with Gasteiger partial charge in [0.05, 0.1) is 10.7 Å². The zero-order valence-electron chi connectivity index (χ0n) is 6.25. The van der Waals surface area contributed by atoms with Crippen LogP contribution in [0.2, 0.25) is 5.02 Å². The molecule has 0 heterocycles.